The molecular formula is C10H11FO. The lowest BCUT2D eigenvalue weighted by Crippen LogP contribution is -1.86. The molecule has 1 aromatic carbocycles. The third-order valence-electron chi connectivity index (χ3n) is 2.23. The zero-order valence-electron chi connectivity index (χ0n) is 6.79. The summed E-state index contributed by atoms with van der Waals surface area (Å²) in [5, 5.41) is 0. The fourth-order valence-electron chi connectivity index (χ4n) is 1.33. The van der Waals surface area contributed by atoms with Gasteiger partial charge in [0.2, 0.25) is 0 Å². The van der Waals surface area contributed by atoms with E-state index in [0.717, 1.165) is 12.3 Å². The average Bonchev–Trinajstić information content (AvgIpc) is 2.90. The monoisotopic (exact) mass is 166 g/mol. The van der Waals surface area contributed by atoms with E-state index in [1.165, 1.54) is 18.4 Å². The maximum atomic E-state index is 11.6. The van der Waals surface area contributed by atoms with E-state index in [1.54, 1.807) is 12.1 Å². The highest BCUT2D eigenvalue weighted by molar-refractivity contribution is 5.27. The van der Waals surface area contributed by atoms with Crippen LogP contribution in [0.25, 0.3) is 0 Å². The molecule has 0 amide bonds. The molecule has 2 rings (SSSR count). The first-order valence-electron chi connectivity index (χ1n) is 4.26. The number of benzene rings is 1. The second-order valence-corrected chi connectivity index (χ2v) is 3.37. The Kier molecular flexibility index (Phi) is 1.98. The summed E-state index contributed by atoms with van der Waals surface area (Å²) in [5.74, 6) is 1.16. The number of hydrogen-bond acceptors (Lipinski definition) is 1. The molecular weight excluding hydrogens is 155 g/mol. The van der Waals surface area contributed by atoms with Crippen molar-refractivity contribution in [2.75, 3.05) is 0 Å². The fraction of sp³-hybridized carbons (Fsp3) is 0.400. The minimum Gasteiger partial charge on any atom is -0.294 e. The molecule has 0 saturated heterocycles. The predicted molar refractivity (Wildman–Crippen MR) is 44.6 cm³/mol. The lowest BCUT2D eigenvalue weighted by Gasteiger charge is -1.98. The largest absolute Gasteiger partial charge is 0.294 e. The molecule has 0 aliphatic heterocycles. The van der Waals surface area contributed by atoms with Gasteiger partial charge >= 0.3 is 0 Å². The lowest BCUT2D eigenvalue weighted by atomic mass is 10.1. The summed E-state index contributed by atoms with van der Waals surface area (Å²) >= 11 is 0. The Balaban J connectivity index is 2.02. The second kappa shape index (κ2) is 3.13. The van der Waals surface area contributed by atoms with Crippen molar-refractivity contribution in [3.63, 3.8) is 0 Å². The SMILES string of the molecule is FOc1ccc(CC2CC2)cc1. The van der Waals surface area contributed by atoms with Gasteiger partial charge in [0.25, 0.3) is 0 Å². The van der Waals surface area contributed by atoms with Crippen molar-refractivity contribution in [2.45, 2.75) is 19.3 Å². The van der Waals surface area contributed by atoms with Crippen LogP contribution in [0.5, 0.6) is 5.75 Å². The highest BCUT2D eigenvalue weighted by atomic mass is 19.3. The molecule has 1 fully saturated rings. The second-order valence-electron chi connectivity index (χ2n) is 3.37. The molecule has 12 heavy (non-hydrogen) atoms. The van der Waals surface area contributed by atoms with E-state index in [9.17, 15) is 4.53 Å². The van der Waals surface area contributed by atoms with Gasteiger partial charge in [-0.25, -0.2) is 0 Å². The third kappa shape index (κ3) is 1.76. The molecule has 0 N–H and O–H groups in total. The minimum absolute atomic E-state index is 0.287. The van der Waals surface area contributed by atoms with Gasteiger partial charge in [0, 0.05) is 4.53 Å². The zero-order chi connectivity index (χ0) is 8.39. The molecule has 0 bridgehead atoms. The van der Waals surface area contributed by atoms with Gasteiger partial charge in [-0.1, -0.05) is 12.1 Å². The molecule has 1 nitrogen and oxygen atoms in total. The maximum absolute atomic E-state index is 11.6. The lowest BCUT2D eigenvalue weighted by molar-refractivity contribution is -0.00622. The van der Waals surface area contributed by atoms with Gasteiger partial charge in [0.05, 0.1) is 0 Å². The van der Waals surface area contributed by atoms with Crippen molar-refractivity contribution in [1.82, 2.24) is 0 Å². The first-order valence-corrected chi connectivity index (χ1v) is 4.26. The van der Waals surface area contributed by atoms with E-state index in [1.807, 2.05) is 12.1 Å². The van der Waals surface area contributed by atoms with E-state index in [4.69, 9.17) is 0 Å². The number of rotatable bonds is 3. The Morgan fingerprint density at radius 2 is 1.92 bits per heavy atom. The number of hydrogen-bond donors (Lipinski definition) is 0. The fourth-order valence-corrected chi connectivity index (χ4v) is 1.33. The molecule has 64 valence electrons. The van der Waals surface area contributed by atoms with Crippen LogP contribution in [-0.2, 0) is 6.42 Å². The smallest absolute Gasteiger partial charge is 0.171 e. The van der Waals surface area contributed by atoms with Crippen LogP contribution >= 0.6 is 0 Å². The summed E-state index contributed by atoms with van der Waals surface area (Å²) in [6.07, 6.45) is 3.83. The van der Waals surface area contributed by atoms with Gasteiger partial charge in [-0.15, -0.1) is 0 Å². The van der Waals surface area contributed by atoms with Gasteiger partial charge in [-0.3, -0.25) is 4.94 Å². The summed E-state index contributed by atoms with van der Waals surface area (Å²) in [4.78, 5) is 3.59. The summed E-state index contributed by atoms with van der Waals surface area (Å²) < 4.78 is 11.6. The molecule has 0 radical (unpaired) electrons. The summed E-state index contributed by atoms with van der Waals surface area (Å²) in [5.41, 5.74) is 1.28. The normalized spacial score (nSPS) is 16.1. The van der Waals surface area contributed by atoms with Crippen LogP contribution in [0.2, 0.25) is 0 Å². The minimum atomic E-state index is 0.287. The van der Waals surface area contributed by atoms with Gasteiger partial charge in [-0.05, 0) is 42.9 Å². The van der Waals surface area contributed by atoms with Crippen molar-refractivity contribution in [2.24, 2.45) is 5.92 Å². The van der Waals surface area contributed by atoms with Gasteiger partial charge in [0.15, 0.2) is 5.75 Å². The Bertz CT molecular complexity index is 251. The van der Waals surface area contributed by atoms with E-state index < -0.39 is 0 Å². The van der Waals surface area contributed by atoms with Crippen LogP contribution in [0.3, 0.4) is 0 Å². The van der Waals surface area contributed by atoms with Gasteiger partial charge in [0.1, 0.15) is 0 Å². The molecule has 1 aliphatic rings. The van der Waals surface area contributed by atoms with E-state index in [2.05, 4.69) is 4.94 Å². The number of halogens is 1. The molecule has 1 saturated carbocycles. The van der Waals surface area contributed by atoms with Gasteiger partial charge < -0.3 is 0 Å². The van der Waals surface area contributed by atoms with E-state index in [-0.39, 0.29) is 5.75 Å². The van der Waals surface area contributed by atoms with Crippen molar-refractivity contribution >= 4 is 0 Å². The van der Waals surface area contributed by atoms with Crippen molar-refractivity contribution < 1.29 is 9.47 Å². The third-order valence-corrected chi connectivity index (χ3v) is 2.23. The molecule has 0 aromatic heterocycles. The standard InChI is InChI=1S/C10H11FO/c11-12-10-5-3-9(4-6-10)7-8-1-2-8/h3-6,8H,1-2,7H2. The Hall–Kier alpha value is -1.05. The Morgan fingerprint density at radius 3 is 2.42 bits per heavy atom. The van der Waals surface area contributed by atoms with Crippen molar-refractivity contribution in [1.29, 1.82) is 0 Å². The van der Waals surface area contributed by atoms with Crippen LogP contribution in [0.1, 0.15) is 18.4 Å². The van der Waals surface area contributed by atoms with Crippen LogP contribution < -0.4 is 4.94 Å². The van der Waals surface area contributed by atoms with Crippen molar-refractivity contribution in [3.05, 3.63) is 29.8 Å². The van der Waals surface area contributed by atoms with Crippen LogP contribution in [0.4, 0.5) is 4.53 Å². The highest BCUT2D eigenvalue weighted by Gasteiger charge is 2.21. The Morgan fingerprint density at radius 1 is 1.25 bits per heavy atom. The topological polar surface area (TPSA) is 9.23 Å². The quantitative estimate of drug-likeness (QED) is 0.670. The van der Waals surface area contributed by atoms with Crippen molar-refractivity contribution in [3.8, 4) is 5.75 Å². The average molecular weight is 166 g/mol. The molecule has 0 spiro atoms. The molecule has 2 heteroatoms. The van der Waals surface area contributed by atoms with Crippen LogP contribution in [-0.4, -0.2) is 0 Å². The predicted octanol–water partition coefficient (Wildman–Crippen LogP) is 2.90. The molecule has 0 heterocycles. The van der Waals surface area contributed by atoms with E-state index in [0.29, 0.717) is 0 Å². The van der Waals surface area contributed by atoms with Crippen LogP contribution in [0.15, 0.2) is 24.3 Å². The van der Waals surface area contributed by atoms with E-state index >= 15 is 0 Å². The first kappa shape index (κ1) is 7.59. The van der Waals surface area contributed by atoms with Gasteiger partial charge in [-0.2, -0.15) is 0 Å². The first-order chi connectivity index (χ1) is 5.88. The zero-order valence-corrected chi connectivity index (χ0v) is 6.79. The molecule has 0 unspecified atom stereocenters. The molecule has 1 aliphatic carbocycles. The summed E-state index contributed by atoms with van der Waals surface area (Å²) in [6, 6.07) is 7.18. The Labute approximate surface area is 71.1 Å². The maximum Gasteiger partial charge on any atom is 0.171 e. The summed E-state index contributed by atoms with van der Waals surface area (Å²) in [6.45, 7) is 0. The molecule has 0 atom stereocenters. The van der Waals surface area contributed by atoms with Crippen LogP contribution in [0, 0.1) is 5.92 Å². The summed E-state index contributed by atoms with van der Waals surface area (Å²) in [7, 11) is 0. The molecule has 1 aromatic rings. The highest BCUT2D eigenvalue weighted by Crippen LogP contribution is 2.32.